The van der Waals surface area contributed by atoms with Crippen LogP contribution in [0.3, 0.4) is 0 Å². The van der Waals surface area contributed by atoms with E-state index in [2.05, 4.69) is 19.2 Å². The van der Waals surface area contributed by atoms with E-state index in [1.54, 1.807) is 14.0 Å². The van der Waals surface area contributed by atoms with Crippen molar-refractivity contribution in [3.8, 4) is 17.2 Å². The van der Waals surface area contributed by atoms with Crippen LogP contribution in [-0.2, 0) is 4.79 Å². The summed E-state index contributed by atoms with van der Waals surface area (Å²) in [4.78, 5) is 12.4. The molecular formula is C22H29NO4. The Hall–Kier alpha value is -2.69. The molecule has 146 valence electrons. The fourth-order valence-electron chi connectivity index (χ4n) is 2.60. The van der Waals surface area contributed by atoms with Gasteiger partial charge in [0.1, 0.15) is 23.9 Å². The Morgan fingerprint density at radius 3 is 2.22 bits per heavy atom. The number of carbonyl (C=O) groups is 1. The van der Waals surface area contributed by atoms with Crippen molar-refractivity contribution >= 4 is 5.91 Å². The number of benzene rings is 2. The Morgan fingerprint density at radius 1 is 0.963 bits per heavy atom. The lowest BCUT2D eigenvalue weighted by Gasteiger charge is -2.21. The van der Waals surface area contributed by atoms with Crippen molar-refractivity contribution in [2.45, 2.75) is 45.8 Å². The number of hydrogen-bond acceptors (Lipinski definition) is 4. The third kappa shape index (κ3) is 6.20. The molecule has 2 rings (SSSR count). The van der Waals surface area contributed by atoms with Gasteiger partial charge in [-0.3, -0.25) is 4.79 Å². The number of methoxy groups -OCH3 is 1. The molecule has 0 aromatic heterocycles. The van der Waals surface area contributed by atoms with Gasteiger partial charge >= 0.3 is 0 Å². The van der Waals surface area contributed by atoms with Gasteiger partial charge in [-0.15, -0.1) is 0 Å². The lowest BCUT2D eigenvalue weighted by Crippen LogP contribution is -2.43. The molecule has 5 heteroatoms. The van der Waals surface area contributed by atoms with Crippen LogP contribution in [-0.4, -0.2) is 31.8 Å². The molecule has 27 heavy (non-hydrogen) atoms. The molecular weight excluding hydrogens is 342 g/mol. The molecule has 0 heterocycles. The second-order valence-electron chi connectivity index (χ2n) is 6.85. The summed E-state index contributed by atoms with van der Waals surface area (Å²) in [5, 5.41) is 2.93. The predicted molar refractivity (Wildman–Crippen MR) is 107 cm³/mol. The number of para-hydroxylation sites is 1. The molecule has 0 bridgehead atoms. The van der Waals surface area contributed by atoms with Gasteiger partial charge in [-0.1, -0.05) is 32.0 Å². The quantitative estimate of drug-likeness (QED) is 0.719. The summed E-state index contributed by atoms with van der Waals surface area (Å²) in [5.74, 6) is 2.41. The largest absolute Gasteiger partial charge is 0.497 e. The van der Waals surface area contributed by atoms with Crippen LogP contribution in [0.15, 0.2) is 48.5 Å². The molecule has 0 fully saturated rings. The standard InChI is InChI=1S/C22H29NO4/c1-15(2)20-8-6-7-9-21(20)27-17(4)22(24)23-16(3)14-26-19-12-10-18(25-5)11-13-19/h6-13,15-17H,14H2,1-5H3,(H,23,24)/t16-,17+/m0/s1. The Morgan fingerprint density at radius 2 is 1.59 bits per heavy atom. The van der Waals surface area contributed by atoms with E-state index in [9.17, 15) is 4.79 Å². The minimum Gasteiger partial charge on any atom is -0.497 e. The number of ether oxygens (including phenoxy) is 3. The van der Waals surface area contributed by atoms with Crippen molar-refractivity contribution in [1.29, 1.82) is 0 Å². The lowest BCUT2D eigenvalue weighted by molar-refractivity contribution is -0.128. The minimum atomic E-state index is -0.590. The molecule has 0 spiro atoms. The van der Waals surface area contributed by atoms with Gasteiger partial charge < -0.3 is 19.5 Å². The molecule has 0 unspecified atom stereocenters. The van der Waals surface area contributed by atoms with Gasteiger partial charge in [0.25, 0.3) is 5.91 Å². The van der Waals surface area contributed by atoms with E-state index in [0.29, 0.717) is 12.5 Å². The van der Waals surface area contributed by atoms with Crippen LogP contribution in [0.5, 0.6) is 17.2 Å². The highest BCUT2D eigenvalue weighted by Gasteiger charge is 2.19. The topological polar surface area (TPSA) is 56.8 Å². The normalized spacial score (nSPS) is 13.0. The van der Waals surface area contributed by atoms with Crippen molar-refractivity contribution in [3.63, 3.8) is 0 Å². The number of nitrogens with one attached hydrogen (secondary N) is 1. The van der Waals surface area contributed by atoms with Gasteiger partial charge in [-0.05, 0) is 55.7 Å². The Labute approximate surface area is 161 Å². The van der Waals surface area contributed by atoms with Crippen LogP contribution < -0.4 is 19.5 Å². The van der Waals surface area contributed by atoms with Crippen LogP contribution in [0.2, 0.25) is 0 Å². The molecule has 5 nitrogen and oxygen atoms in total. The van der Waals surface area contributed by atoms with Gasteiger partial charge in [0.05, 0.1) is 13.2 Å². The first-order valence-corrected chi connectivity index (χ1v) is 9.23. The lowest BCUT2D eigenvalue weighted by atomic mass is 10.0. The second kappa shape index (κ2) is 9.86. The highest BCUT2D eigenvalue weighted by molar-refractivity contribution is 5.81. The summed E-state index contributed by atoms with van der Waals surface area (Å²) < 4.78 is 16.7. The van der Waals surface area contributed by atoms with Crippen molar-refractivity contribution < 1.29 is 19.0 Å². The molecule has 0 aliphatic heterocycles. The molecule has 0 saturated carbocycles. The maximum atomic E-state index is 12.4. The molecule has 0 aliphatic rings. The number of amides is 1. The SMILES string of the molecule is COc1ccc(OC[C@H](C)NC(=O)[C@@H](C)Oc2ccccc2C(C)C)cc1. The van der Waals surface area contributed by atoms with Crippen LogP contribution in [0.1, 0.15) is 39.2 Å². The molecule has 0 aliphatic carbocycles. The van der Waals surface area contributed by atoms with Crippen LogP contribution in [0.25, 0.3) is 0 Å². The summed E-state index contributed by atoms with van der Waals surface area (Å²) in [6, 6.07) is 15.0. The summed E-state index contributed by atoms with van der Waals surface area (Å²) in [6.07, 6.45) is -0.590. The van der Waals surface area contributed by atoms with Crippen LogP contribution in [0.4, 0.5) is 0 Å². The Kier molecular flexibility index (Phi) is 7.53. The minimum absolute atomic E-state index is 0.147. The van der Waals surface area contributed by atoms with Gasteiger partial charge in [0.2, 0.25) is 0 Å². The Bertz CT molecular complexity index is 727. The van der Waals surface area contributed by atoms with E-state index >= 15 is 0 Å². The summed E-state index contributed by atoms with van der Waals surface area (Å²) in [7, 11) is 1.62. The third-order valence-electron chi connectivity index (χ3n) is 4.16. The van der Waals surface area contributed by atoms with Crippen LogP contribution in [0, 0.1) is 0 Å². The zero-order valence-corrected chi connectivity index (χ0v) is 16.7. The summed E-state index contributed by atoms with van der Waals surface area (Å²) in [5.41, 5.74) is 1.09. The smallest absolute Gasteiger partial charge is 0.261 e. The maximum Gasteiger partial charge on any atom is 0.261 e. The third-order valence-corrected chi connectivity index (χ3v) is 4.16. The number of rotatable bonds is 9. The van der Waals surface area contributed by atoms with Crippen molar-refractivity contribution in [2.24, 2.45) is 0 Å². The molecule has 2 aromatic carbocycles. The van der Waals surface area contributed by atoms with Crippen molar-refractivity contribution in [3.05, 3.63) is 54.1 Å². The second-order valence-corrected chi connectivity index (χ2v) is 6.85. The summed E-state index contributed by atoms with van der Waals surface area (Å²) in [6.45, 7) is 8.23. The average Bonchev–Trinajstić information content (AvgIpc) is 2.67. The Balaban J connectivity index is 1.84. The number of hydrogen-bond donors (Lipinski definition) is 1. The zero-order chi connectivity index (χ0) is 19.8. The van der Waals surface area contributed by atoms with Crippen molar-refractivity contribution in [1.82, 2.24) is 5.32 Å². The highest BCUT2D eigenvalue weighted by atomic mass is 16.5. The van der Waals surface area contributed by atoms with Gasteiger partial charge in [0, 0.05) is 0 Å². The molecule has 2 atom stereocenters. The van der Waals surface area contributed by atoms with Crippen LogP contribution >= 0.6 is 0 Å². The number of carbonyl (C=O) groups excluding carboxylic acids is 1. The average molecular weight is 371 g/mol. The van der Waals surface area contributed by atoms with E-state index in [1.807, 2.05) is 55.5 Å². The van der Waals surface area contributed by atoms with Gasteiger partial charge in [-0.2, -0.15) is 0 Å². The molecule has 2 aromatic rings. The first kappa shape index (κ1) is 20.6. The van der Waals surface area contributed by atoms with E-state index in [-0.39, 0.29) is 11.9 Å². The maximum absolute atomic E-state index is 12.4. The zero-order valence-electron chi connectivity index (χ0n) is 16.7. The fourth-order valence-corrected chi connectivity index (χ4v) is 2.60. The molecule has 1 amide bonds. The molecule has 1 N–H and O–H groups in total. The van der Waals surface area contributed by atoms with Gasteiger partial charge in [-0.25, -0.2) is 0 Å². The fraction of sp³-hybridized carbons (Fsp3) is 0.409. The molecule has 0 radical (unpaired) electrons. The predicted octanol–water partition coefficient (Wildman–Crippen LogP) is 4.17. The monoisotopic (exact) mass is 371 g/mol. The highest BCUT2D eigenvalue weighted by Crippen LogP contribution is 2.26. The van der Waals surface area contributed by atoms with E-state index in [1.165, 1.54) is 0 Å². The van der Waals surface area contributed by atoms with E-state index in [4.69, 9.17) is 14.2 Å². The first-order valence-electron chi connectivity index (χ1n) is 9.23. The van der Waals surface area contributed by atoms with Crippen molar-refractivity contribution in [2.75, 3.05) is 13.7 Å². The first-order chi connectivity index (χ1) is 12.9. The summed E-state index contributed by atoms with van der Waals surface area (Å²) >= 11 is 0. The molecule has 0 saturated heterocycles. The van der Waals surface area contributed by atoms with E-state index in [0.717, 1.165) is 22.8 Å². The van der Waals surface area contributed by atoms with E-state index < -0.39 is 6.10 Å². The van der Waals surface area contributed by atoms with Gasteiger partial charge in [0.15, 0.2) is 6.10 Å².